The van der Waals surface area contributed by atoms with Gasteiger partial charge in [0.15, 0.2) is 0 Å². The van der Waals surface area contributed by atoms with Crippen molar-refractivity contribution in [2.45, 2.75) is 33.8 Å². The average molecular weight is 469 g/mol. The van der Waals surface area contributed by atoms with Crippen LogP contribution in [-0.2, 0) is 32.9 Å². The molecule has 0 aliphatic rings. The van der Waals surface area contributed by atoms with Gasteiger partial charge >= 0.3 is 16.8 Å². The second kappa shape index (κ2) is 11.7. The maximum absolute atomic E-state index is 12.0. The van der Waals surface area contributed by atoms with Crippen molar-refractivity contribution in [3.63, 3.8) is 0 Å². The monoisotopic (exact) mass is 469 g/mol. The standard InChI is InChI=1S/C20H19O2.C9H11.Co/c1-20(2,3)19(21)22-13-18-16-10-6-4-8-14(16)12-15-9-5-7-11-17(15)18;1-2-6-9-7-4-3-5-8-9;/h4-12H,1,13H2,2-3H3;3-8H,2H2,1H3;/q2*-1;+2. The van der Waals surface area contributed by atoms with Gasteiger partial charge in [-0.1, -0.05) is 87.2 Å². The van der Waals surface area contributed by atoms with E-state index < -0.39 is 5.41 Å². The van der Waals surface area contributed by atoms with Crippen LogP contribution in [0.3, 0.4) is 0 Å². The molecule has 0 heterocycles. The summed E-state index contributed by atoms with van der Waals surface area (Å²) in [5, 5.41) is 4.55. The second-order valence-electron chi connectivity index (χ2n) is 8.28. The maximum atomic E-state index is 12.0. The third kappa shape index (κ3) is 6.62. The zero-order valence-corrected chi connectivity index (χ0v) is 20.0. The predicted octanol–water partition coefficient (Wildman–Crippen LogP) is 7.54. The molecule has 0 fully saturated rings. The van der Waals surface area contributed by atoms with Gasteiger partial charge in [-0.25, -0.2) is 0 Å². The largest absolute Gasteiger partial charge is 2.00 e. The van der Waals surface area contributed by atoms with Crippen LogP contribution in [0.2, 0.25) is 0 Å². The Balaban J connectivity index is 0.000000307. The summed E-state index contributed by atoms with van der Waals surface area (Å²) in [7, 11) is 0. The summed E-state index contributed by atoms with van der Waals surface area (Å²) >= 11 is 0. The number of fused-ring (bicyclic) bond motifs is 2. The summed E-state index contributed by atoms with van der Waals surface area (Å²) in [5.74, 6) is -0.287. The molecule has 4 aromatic carbocycles. The van der Waals surface area contributed by atoms with E-state index in [2.05, 4.69) is 74.9 Å². The fraction of sp³-hybridized carbons (Fsp3) is 0.207. The molecule has 0 saturated carbocycles. The van der Waals surface area contributed by atoms with Gasteiger partial charge in [-0.3, -0.25) is 4.79 Å². The van der Waals surface area contributed by atoms with E-state index in [0.29, 0.717) is 0 Å². The van der Waals surface area contributed by atoms with Crippen LogP contribution in [-0.4, -0.2) is 5.97 Å². The molecule has 1 radical (unpaired) electrons. The Morgan fingerprint density at radius 3 is 1.88 bits per heavy atom. The van der Waals surface area contributed by atoms with Gasteiger partial charge in [0, 0.05) is 5.56 Å². The number of ether oxygens (including phenoxy) is 1. The molecule has 0 aliphatic heterocycles. The second-order valence-corrected chi connectivity index (χ2v) is 8.28. The first kappa shape index (κ1) is 25.5. The molecule has 0 unspecified atom stereocenters. The molecule has 3 heteroatoms. The summed E-state index contributed by atoms with van der Waals surface area (Å²) in [6.45, 7) is 9.76. The van der Waals surface area contributed by atoms with Crippen molar-refractivity contribution in [2.24, 2.45) is 5.41 Å². The number of benzene rings is 4. The SMILES string of the molecule is CC[CH-]c1ccccc1.[CH2-]C(C)(C)C(=O)OCc1c2ccccc2cc2ccccc12.[Co+2]. The van der Waals surface area contributed by atoms with Crippen LogP contribution in [0.25, 0.3) is 21.5 Å². The van der Waals surface area contributed by atoms with Crippen molar-refractivity contribution in [3.05, 3.63) is 109 Å². The van der Waals surface area contributed by atoms with E-state index in [1.165, 1.54) is 5.56 Å². The van der Waals surface area contributed by atoms with E-state index >= 15 is 0 Å². The number of esters is 1. The third-order valence-corrected chi connectivity index (χ3v) is 5.02. The Hall–Kier alpha value is -2.75. The minimum absolute atomic E-state index is 0. The molecule has 0 atom stereocenters. The van der Waals surface area contributed by atoms with Crippen molar-refractivity contribution < 1.29 is 26.3 Å². The van der Waals surface area contributed by atoms with Gasteiger partial charge in [-0.2, -0.15) is 24.1 Å². The molecule has 4 aromatic rings. The minimum Gasteiger partial charge on any atom is -0.462 e. The van der Waals surface area contributed by atoms with E-state index in [1.54, 1.807) is 13.8 Å². The quantitative estimate of drug-likeness (QED) is 0.171. The van der Waals surface area contributed by atoms with E-state index in [0.717, 1.165) is 33.5 Å². The predicted molar refractivity (Wildman–Crippen MR) is 131 cm³/mol. The van der Waals surface area contributed by atoms with Crippen LogP contribution in [0, 0.1) is 18.8 Å². The number of hydrogen-bond acceptors (Lipinski definition) is 2. The van der Waals surface area contributed by atoms with Gasteiger partial charge in [0.1, 0.15) is 6.61 Å². The molecule has 0 amide bonds. The minimum atomic E-state index is -0.736. The summed E-state index contributed by atoms with van der Waals surface area (Å²) in [6, 6.07) is 28.9. The molecule has 0 bridgehead atoms. The molecule has 2 nitrogen and oxygen atoms in total. The summed E-state index contributed by atoms with van der Waals surface area (Å²) in [6.07, 6.45) is 3.32. The zero-order valence-electron chi connectivity index (χ0n) is 18.9. The fourth-order valence-corrected chi connectivity index (χ4v) is 3.42. The van der Waals surface area contributed by atoms with Gasteiger partial charge in [0.25, 0.3) is 5.97 Å². The van der Waals surface area contributed by atoms with Crippen molar-refractivity contribution in [3.8, 4) is 0 Å². The van der Waals surface area contributed by atoms with E-state index in [1.807, 2.05) is 30.3 Å². The number of carbonyl (C=O) groups excluding carboxylic acids is 1. The first-order valence-electron chi connectivity index (χ1n) is 10.7. The van der Waals surface area contributed by atoms with E-state index in [9.17, 15) is 4.79 Å². The van der Waals surface area contributed by atoms with Gasteiger partial charge < -0.3 is 11.7 Å². The van der Waals surface area contributed by atoms with Gasteiger partial charge in [-0.05, 0) is 27.6 Å². The van der Waals surface area contributed by atoms with Gasteiger partial charge in [0.2, 0.25) is 0 Å². The van der Waals surface area contributed by atoms with E-state index in [-0.39, 0.29) is 29.4 Å². The number of hydrogen-bond donors (Lipinski definition) is 0. The van der Waals surface area contributed by atoms with Crippen LogP contribution in [0.15, 0.2) is 84.9 Å². The first-order chi connectivity index (χ1) is 14.9. The Bertz CT molecular complexity index is 1090. The molecule has 167 valence electrons. The van der Waals surface area contributed by atoms with Crippen molar-refractivity contribution in [1.29, 1.82) is 0 Å². The molecule has 4 rings (SSSR count). The zero-order chi connectivity index (χ0) is 22.3. The molecule has 0 aliphatic carbocycles. The molecule has 0 N–H and O–H groups in total. The van der Waals surface area contributed by atoms with Gasteiger partial charge in [0.05, 0.1) is 0 Å². The molecule has 32 heavy (non-hydrogen) atoms. The smallest absolute Gasteiger partial charge is 0.462 e. The molecule has 0 aromatic heterocycles. The summed E-state index contributed by atoms with van der Waals surface area (Å²) in [5.41, 5.74) is 1.63. The van der Waals surface area contributed by atoms with Crippen LogP contribution in [0.1, 0.15) is 38.3 Å². The Labute approximate surface area is 202 Å². The fourth-order valence-electron chi connectivity index (χ4n) is 3.42. The Morgan fingerprint density at radius 1 is 0.875 bits per heavy atom. The maximum Gasteiger partial charge on any atom is 2.00 e. The van der Waals surface area contributed by atoms with Crippen LogP contribution in [0.4, 0.5) is 0 Å². The molecule has 0 saturated heterocycles. The van der Waals surface area contributed by atoms with Crippen LogP contribution in [0.5, 0.6) is 0 Å². The van der Waals surface area contributed by atoms with Crippen molar-refractivity contribution in [2.75, 3.05) is 0 Å². The summed E-state index contributed by atoms with van der Waals surface area (Å²) in [4.78, 5) is 12.0. The average Bonchev–Trinajstić information content (AvgIpc) is 2.77. The normalized spacial score (nSPS) is 10.6. The summed E-state index contributed by atoms with van der Waals surface area (Å²) < 4.78 is 5.51. The molecular weight excluding hydrogens is 439 g/mol. The van der Waals surface area contributed by atoms with Crippen LogP contribution < -0.4 is 0 Å². The Morgan fingerprint density at radius 2 is 1.38 bits per heavy atom. The number of rotatable bonds is 5. The Kier molecular flexibility index (Phi) is 9.36. The van der Waals surface area contributed by atoms with Crippen molar-refractivity contribution >= 4 is 27.5 Å². The first-order valence-corrected chi connectivity index (χ1v) is 10.7. The van der Waals surface area contributed by atoms with Crippen LogP contribution >= 0.6 is 0 Å². The molecular formula is C29H30CoO2. The number of carbonyl (C=O) groups is 1. The van der Waals surface area contributed by atoms with Crippen molar-refractivity contribution in [1.82, 2.24) is 0 Å². The third-order valence-electron chi connectivity index (χ3n) is 5.02. The van der Waals surface area contributed by atoms with E-state index in [4.69, 9.17) is 4.74 Å². The molecule has 0 spiro atoms. The van der Waals surface area contributed by atoms with Gasteiger partial charge in [-0.15, -0.1) is 12.1 Å². The topological polar surface area (TPSA) is 26.3 Å².